The molecule has 0 spiro atoms. The van der Waals surface area contributed by atoms with Crippen LogP contribution in [-0.4, -0.2) is 31.8 Å². The van der Waals surface area contributed by atoms with Crippen molar-refractivity contribution in [3.05, 3.63) is 59.1 Å². The number of aromatic hydroxyl groups is 1. The lowest BCUT2D eigenvalue weighted by Crippen LogP contribution is -2.25. The maximum absolute atomic E-state index is 12.2. The first-order valence-electron chi connectivity index (χ1n) is 7.95. The molecule has 8 nitrogen and oxygen atoms in total. The first kappa shape index (κ1) is 15.9. The van der Waals surface area contributed by atoms with Gasteiger partial charge in [-0.05, 0) is 24.6 Å². The van der Waals surface area contributed by atoms with Gasteiger partial charge in [0, 0.05) is 24.6 Å². The smallest absolute Gasteiger partial charge is 0.339 e. The first-order valence-corrected chi connectivity index (χ1v) is 7.95. The van der Waals surface area contributed by atoms with Gasteiger partial charge in [-0.25, -0.2) is 4.79 Å². The molecule has 2 aromatic heterocycles. The lowest BCUT2D eigenvalue weighted by molar-refractivity contribution is -0.116. The Morgan fingerprint density at radius 1 is 1.35 bits per heavy atom. The molecule has 0 fully saturated rings. The number of hydrogen-bond acceptors (Lipinski definition) is 5. The van der Waals surface area contributed by atoms with Gasteiger partial charge in [0.05, 0.1) is 11.4 Å². The Bertz CT molecular complexity index is 1020. The summed E-state index contributed by atoms with van der Waals surface area (Å²) in [4.78, 5) is 23.9. The molecule has 1 aliphatic heterocycles. The Labute approximate surface area is 147 Å². The van der Waals surface area contributed by atoms with Gasteiger partial charge in [0.15, 0.2) is 5.82 Å². The minimum atomic E-state index is -1.15. The highest BCUT2D eigenvalue weighted by atomic mass is 16.5. The standard InChI is InChI=1S/C18H15N3O5/c1-9-6-14(20-26-9)21-8-13(18(24)25)16-17(21)12(7-15(23)19-16)10-2-4-11(22)5-3-10/h2-6,8,12,22H,7H2,1H3,(H,19,23)(H,24,25)/t12-/m0/s1. The zero-order valence-corrected chi connectivity index (χ0v) is 13.8. The number of aryl methyl sites for hydroxylation is 1. The van der Waals surface area contributed by atoms with Crippen LogP contribution in [-0.2, 0) is 4.79 Å². The van der Waals surface area contributed by atoms with Crippen molar-refractivity contribution in [3.8, 4) is 11.6 Å². The van der Waals surface area contributed by atoms with E-state index in [2.05, 4.69) is 10.5 Å². The molecule has 0 saturated carbocycles. The summed E-state index contributed by atoms with van der Waals surface area (Å²) >= 11 is 0. The quantitative estimate of drug-likeness (QED) is 0.666. The summed E-state index contributed by atoms with van der Waals surface area (Å²) in [6.45, 7) is 1.74. The number of hydrogen-bond donors (Lipinski definition) is 3. The van der Waals surface area contributed by atoms with E-state index in [1.165, 1.54) is 18.3 Å². The molecular formula is C18H15N3O5. The van der Waals surface area contributed by atoms with Crippen LogP contribution in [0.4, 0.5) is 5.69 Å². The van der Waals surface area contributed by atoms with Crippen molar-refractivity contribution >= 4 is 17.6 Å². The van der Waals surface area contributed by atoms with E-state index in [1.54, 1.807) is 29.7 Å². The predicted molar refractivity (Wildman–Crippen MR) is 90.7 cm³/mol. The van der Waals surface area contributed by atoms with Crippen molar-refractivity contribution in [3.63, 3.8) is 0 Å². The number of aromatic carboxylic acids is 1. The molecule has 4 rings (SSSR count). The number of carbonyl (C=O) groups excluding carboxylic acids is 1. The molecule has 3 aromatic rings. The second kappa shape index (κ2) is 5.76. The Morgan fingerprint density at radius 3 is 2.69 bits per heavy atom. The van der Waals surface area contributed by atoms with E-state index in [0.717, 1.165) is 5.56 Å². The number of nitrogens with one attached hydrogen (secondary N) is 1. The van der Waals surface area contributed by atoms with Crippen molar-refractivity contribution in [1.29, 1.82) is 0 Å². The van der Waals surface area contributed by atoms with Crippen LogP contribution >= 0.6 is 0 Å². The number of aromatic nitrogens is 2. The van der Waals surface area contributed by atoms with E-state index in [4.69, 9.17) is 4.52 Å². The number of fused-ring (bicyclic) bond motifs is 1. The minimum Gasteiger partial charge on any atom is -0.508 e. The van der Waals surface area contributed by atoms with Crippen LogP contribution in [0.5, 0.6) is 5.75 Å². The molecule has 0 bridgehead atoms. The topological polar surface area (TPSA) is 118 Å². The fourth-order valence-electron chi connectivity index (χ4n) is 3.27. The molecule has 3 N–H and O–H groups in total. The average molecular weight is 353 g/mol. The SMILES string of the molecule is Cc1cc(-n2cc(C(=O)O)c3c2[C@H](c2ccc(O)cc2)CC(=O)N3)no1. The Kier molecular flexibility index (Phi) is 3.54. The molecule has 0 saturated heterocycles. The summed E-state index contributed by atoms with van der Waals surface area (Å²) in [6, 6.07) is 8.19. The van der Waals surface area contributed by atoms with E-state index >= 15 is 0 Å². The molecule has 1 atom stereocenters. The van der Waals surface area contributed by atoms with Crippen LogP contribution < -0.4 is 5.32 Å². The van der Waals surface area contributed by atoms with Crippen LogP contribution in [0, 0.1) is 6.92 Å². The highest BCUT2D eigenvalue weighted by Crippen LogP contribution is 2.41. The number of phenols is 1. The average Bonchev–Trinajstić information content (AvgIpc) is 3.18. The number of rotatable bonds is 3. The van der Waals surface area contributed by atoms with E-state index in [-0.39, 0.29) is 35.2 Å². The number of carbonyl (C=O) groups is 2. The molecule has 0 unspecified atom stereocenters. The van der Waals surface area contributed by atoms with Crippen molar-refractivity contribution < 1.29 is 24.3 Å². The summed E-state index contributed by atoms with van der Waals surface area (Å²) in [5, 5.41) is 25.7. The molecule has 1 aliphatic rings. The normalized spacial score (nSPS) is 16.2. The fourth-order valence-corrected chi connectivity index (χ4v) is 3.27. The largest absolute Gasteiger partial charge is 0.508 e. The van der Waals surface area contributed by atoms with E-state index in [1.807, 2.05) is 0 Å². The Hall–Kier alpha value is -3.55. The Morgan fingerprint density at radius 2 is 2.08 bits per heavy atom. The second-order valence-corrected chi connectivity index (χ2v) is 6.17. The van der Waals surface area contributed by atoms with Gasteiger partial charge < -0.3 is 20.1 Å². The summed E-state index contributed by atoms with van der Waals surface area (Å²) in [6.07, 6.45) is 1.58. The molecule has 0 radical (unpaired) electrons. The number of benzene rings is 1. The van der Waals surface area contributed by atoms with Crippen LogP contribution in [0.25, 0.3) is 5.82 Å². The lowest BCUT2D eigenvalue weighted by atomic mass is 9.88. The maximum atomic E-state index is 12.2. The third-order valence-electron chi connectivity index (χ3n) is 4.42. The number of nitrogens with zero attached hydrogens (tertiary/aromatic N) is 2. The molecule has 1 amide bonds. The molecule has 0 aliphatic carbocycles. The molecule has 26 heavy (non-hydrogen) atoms. The van der Waals surface area contributed by atoms with Gasteiger partial charge in [-0.3, -0.25) is 9.36 Å². The maximum Gasteiger partial charge on any atom is 0.339 e. The summed E-state index contributed by atoms with van der Waals surface area (Å²) in [5.41, 5.74) is 1.64. The molecular weight excluding hydrogens is 338 g/mol. The van der Waals surface area contributed by atoms with Crippen LogP contribution in [0.1, 0.15) is 39.7 Å². The number of phenolic OH excluding ortho intramolecular Hbond substituents is 1. The minimum absolute atomic E-state index is 0.0162. The van der Waals surface area contributed by atoms with Crippen molar-refractivity contribution in [2.75, 3.05) is 5.32 Å². The second-order valence-electron chi connectivity index (χ2n) is 6.17. The van der Waals surface area contributed by atoms with Gasteiger partial charge in [0.2, 0.25) is 5.91 Å². The Balaban J connectivity index is 1.96. The molecule has 132 valence electrons. The molecule has 1 aromatic carbocycles. The lowest BCUT2D eigenvalue weighted by Gasteiger charge is -2.25. The van der Waals surface area contributed by atoms with Crippen molar-refractivity contribution in [2.45, 2.75) is 19.3 Å². The number of amides is 1. The molecule has 3 heterocycles. The van der Waals surface area contributed by atoms with Gasteiger partial charge in [-0.15, -0.1) is 0 Å². The monoisotopic (exact) mass is 353 g/mol. The first-order chi connectivity index (χ1) is 12.4. The van der Waals surface area contributed by atoms with E-state index in [9.17, 15) is 19.8 Å². The van der Waals surface area contributed by atoms with Gasteiger partial charge >= 0.3 is 5.97 Å². The highest BCUT2D eigenvalue weighted by Gasteiger charge is 2.35. The van der Waals surface area contributed by atoms with E-state index < -0.39 is 5.97 Å². The van der Waals surface area contributed by atoms with Gasteiger partial charge in [-0.2, -0.15) is 0 Å². The van der Waals surface area contributed by atoms with Crippen molar-refractivity contribution in [2.24, 2.45) is 0 Å². The summed E-state index contributed by atoms with van der Waals surface area (Å²) in [5.74, 6) is -0.669. The fraction of sp³-hybridized carbons (Fsp3) is 0.167. The zero-order valence-electron chi connectivity index (χ0n) is 13.8. The summed E-state index contributed by atoms with van der Waals surface area (Å²) < 4.78 is 6.75. The molecule has 8 heteroatoms. The number of carboxylic acids is 1. The number of anilines is 1. The van der Waals surface area contributed by atoms with Crippen LogP contribution in [0.2, 0.25) is 0 Å². The zero-order chi connectivity index (χ0) is 18.4. The highest BCUT2D eigenvalue weighted by molar-refractivity contribution is 6.04. The van der Waals surface area contributed by atoms with Crippen LogP contribution in [0.15, 0.2) is 41.1 Å². The summed E-state index contributed by atoms with van der Waals surface area (Å²) in [7, 11) is 0. The predicted octanol–water partition coefficient (Wildman–Crippen LogP) is 2.65. The van der Waals surface area contributed by atoms with Crippen molar-refractivity contribution in [1.82, 2.24) is 9.72 Å². The van der Waals surface area contributed by atoms with Crippen LogP contribution in [0.3, 0.4) is 0 Å². The van der Waals surface area contributed by atoms with Gasteiger partial charge in [0.1, 0.15) is 17.1 Å². The third kappa shape index (κ3) is 2.52. The van der Waals surface area contributed by atoms with Gasteiger partial charge in [0.25, 0.3) is 0 Å². The third-order valence-corrected chi connectivity index (χ3v) is 4.42. The number of carboxylic acid groups (broad SMARTS) is 1. The van der Waals surface area contributed by atoms with Gasteiger partial charge in [-0.1, -0.05) is 17.3 Å². The van der Waals surface area contributed by atoms with E-state index in [0.29, 0.717) is 17.3 Å².